The van der Waals surface area contributed by atoms with Crippen LogP contribution in [0.15, 0.2) is 41.3 Å². The molecule has 0 saturated carbocycles. The van der Waals surface area contributed by atoms with Crippen molar-refractivity contribution in [1.29, 1.82) is 0 Å². The van der Waals surface area contributed by atoms with Gasteiger partial charge in [-0.1, -0.05) is 29.3 Å². The lowest BCUT2D eigenvalue weighted by Crippen LogP contribution is -2.45. The molecule has 0 aliphatic carbocycles. The molecule has 5 rings (SSSR count). The zero-order valence-electron chi connectivity index (χ0n) is 21.6. The van der Waals surface area contributed by atoms with E-state index in [1.165, 1.54) is 12.1 Å². The van der Waals surface area contributed by atoms with Gasteiger partial charge in [-0.25, -0.2) is 8.42 Å². The molecule has 39 heavy (non-hydrogen) atoms. The Morgan fingerprint density at radius 1 is 1.00 bits per heavy atom. The van der Waals surface area contributed by atoms with Gasteiger partial charge in [0.25, 0.3) is 5.91 Å². The summed E-state index contributed by atoms with van der Waals surface area (Å²) in [6.07, 6.45) is 2.67. The molecule has 2 aliphatic rings. The first kappa shape index (κ1) is 27.5. The number of piperazine rings is 1. The fourth-order valence-corrected chi connectivity index (χ4v) is 7.16. The first-order valence-corrected chi connectivity index (χ1v) is 14.9. The highest BCUT2D eigenvalue weighted by Gasteiger charge is 2.28. The van der Waals surface area contributed by atoms with E-state index in [4.69, 9.17) is 23.2 Å². The molecule has 204 valence electrons. The Morgan fingerprint density at radius 3 is 2.36 bits per heavy atom. The number of carbonyl (C=O) groups is 2. The number of H-pyrrole nitrogens is 1. The van der Waals surface area contributed by atoms with E-state index in [0.29, 0.717) is 35.5 Å². The monoisotopic (exact) mass is 586 g/mol. The maximum atomic E-state index is 13.3. The lowest BCUT2D eigenvalue weighted by Gasteiger charge is -2.32. The summed E-state index contributed by atoms with van der Waals surface area (Å²) in [6, 6.07) is 9.47. The minimum Gasteiger partial charge on any atom is -0.359 e. The highest BCUT2D eigenvalue weighted by atomic mass is 35.5. The number of aromatic nitrogens is 1. The maximum absolute atomic E-state index is 13.3. The molecule has 2 aliphatic heterocycles. The first-order chi connectivity index (χ1) is 18.6. The molecule has 3 heterocycles. The molecule has 2 aromatic carbocycles. The number of nitrogens with one attached hydrogen (secondary N) is 2. The van der Waals surface area contributed by atoms with Crippen molar-refractivity contribution in [3.05, 3.63) is 80.1 Å². The van der Waals surface area contributed by atoms with Crippen molar-refractivity contribution >= 4 is 62.7 Å². The van der Waals surface area contributed by atoms with Gasteiger partial charge < -0.3 is 15.2 Å². The van der Waals surface area contributed by atoms with E-state index in [-0.39, 0.29) is 26.6 Å². The van der Waals surface area contributed by atoms with E-state index in [2.05, 4.69) is 15.2 Å². The van der Waals surface area contributed by atoms with Gasteiger partial charge in [-0.15, -0.1) is 0 Å². The van der Waals surface area contributed by atoms with Crippen LogP contribution in [0, 0.1) is 13.8 Å². The number of anilines is 1. The van der Waals surface area contributed by atoms with Crippen molar-refractivity contribution in [2.45, 2.75) is 31.0 Å². The molecule has 0 spiro atoms. The van der Waals surface area contributed by atoms with Gasteiger partial charge in [0.15, 0.2) is 9.84 Å². The Balaban J connectivity index is 1.44. The largest absolute Gasteiger partial charge is 0.359 e. The molecular weight excluding hydrogens is 559 g/mol. The summed E-state index contributed by atoms with van der Waals surface area (Å²) < 4.78 is 26.6. The third-order valence-corrected chi connectivity index (χ3v) is 9.74. The molecule has 1 saturated heterocycles. The van der Waals surface area contributed by atoms with Crippen molar-refractivity contribution in [2.75, 3.05) is 31.5 Å². The zero-order valence-corrected chi connectivity index (χ0v) is 23.9. The number of hydrogen-bond donors (Lipinski definition) is 2. The number of aromatic amines is 1. The average Bonchev–Trinajstić information content (AvgIpc) is 3.36. The Morgan fingerprint density at radius 2 is 1.69 bits per heavy atom. The van der Waals surface area contributed by atoms with Crippen LogP contribution in [0.2, 0.25) is 10.0 Å². The van der Waals surface area contributed by atoms with Gasteiger partial charge in [-0.05, 0) is 61.4 Å². The first-order valence-electron chi connectivity index (χ1n) is 12.5. The summed E-state index contributed by atoms with van der Waals surface area (Å²) in [5.74, 6) is -0.656. The summed E-state index contributed by atoms with van der Waals surface area (Å²) >= 11 is 12.4. The third kappa shape index (κ3) is 5.49. The molecule has 1 fully saturated rings. The van der Waals surface area contributed by atoms with E-state index < -0.39 is 9.84 Å². The van der Waals surface area contributed by atoms with Crippen LogP contribution in [-0.4, -0.2) is 61.7 Å². The lowest BCUT2D eigenvalue weighted by molar-refractivity contribution is -0.119. The minimum absolute atomic E-state index is 0.0779. The Bertz CT molecular complexity index is 1590. The van der Waals surface area contributed by atoms with Gasteiger partial charge in [0, 0.05) is 71.0 Å². The molecule has 1 aromatic heterocycles. The van der Waals surface area contributed by atoms with Crippen molar-refractivity contribution in [3.63, 3.8) is 0 Å². The molecule has 11 heteroatoms. The predicted octanol–water partition coefficient (Wildman–Crippen LogP) is 4.68. The van der Waals surface area contributed by atoms with E-state index >= 15 is 0 Å². The zero-order chi connectivity index (χ0) is 27.9. The summed E-state index contributed by atoms with van der Waals surface area (Å²) in [5, 5.41) is 3.39. The Labute approximate surface area is 237 Å². The molecule has 3 aromatic rings. The molecular formula is C28H28Cl2N4O4S. The number of amides is 2. The molecule has 0 bridgehead atoms. The van der Waals surface area contributed by atoms with E-state index in [1.54, 1.807) is 35.2 Å². The van der Waals surface area contributed by atoms with Gasteiger partial charge in [-0.2, -0.15) is 0 Å². The third-order valence-electron chi connectivity index (χ3n) is 7.39. The van der Waals surface area contributed by atoms with Gasteiger partial charge in [0.1, 0.15) is 0 Å². The highest BCUT2D eigenvalue weighted by molar-refractivity contribution is 7.90. The summed E-state index contributed by atoms with van der Waals surface area (Å²) in [6.45, 7) is 7.74. The number of aryl methyl sites for hydroxylation is 1. The molecule has 0 unspecified atom stereocenters. The number of rotatable bonds is 7. The quantitative estimate of drug-likeness (QED) is 0.309. The smallest absolute Gasteiger partial charge is 0.256 e. The van der Waals surface area contributed by atoms with Crippen LogP contribution in [-0.2, 0) is 31.7 Å². The Kier molecular flexibility index (Phi) is 7.61. The van der Waals surface area contributed by atoms with E-state index in [1.807, 2.05) is 13.8 Å². The van der Waals surface area contributed by atoms with Crippen LogP contribution >= 0.6 is 23.2 Å². The number of sulfone groups is 1. The fraction of sp³-hybridized carbons (Fsp3) is 0.286. The van der Waals surface area contributed by atoms with Gasteiger partial charge in [0.05, 0.1) is 16.2 Å². The van der Waals surface area contributed by atoms with Crippen molar-refractivity contribution in [1.82, 2.24) is 14.8 Å². The van der Waals surface area contributed by atoms with Crippen LogP contribution in [0.25, 0.3) is 11.6 Å². The maximum Gasteiger partial charge on any atom is 0.256 e. The molecule has 2 N–H and O–H groups in total. The van der Waals surface area contributed by atoms with Gasteiger partial charge in [0.2, 0.25) is 6.41 Å². The topological polar surface area (TPSA) is 103 Å². The second kappa shape index (κ2) is 10.8. The summed E-state index contributed by atoms with van der Waals surface area (Å²) in [4.78, 5) is 31.5. The number of hydrogen-bond acceptors (Lipinski definition) is 5. The van der Waals surface area contributed by atoms with Gasteiger partial charge >= 0.3 is 0 Å². The molecule has 8 nitrogen and oxygen atoms in total. The molecule has 0 atom stereocenters. The van der Waals surface area contributed by atoms with Crippen molar-refractivity contribution in [3.8, 4) is 0 Å². The molecule has 0 radical (unpaired) electrons. The standard InChI is InChI=1S/C28H28Cl2N4O4S/c1-17-22(14-33-8-10-34(16-35)11-9-33)18(2)31-27(17)13-21-20-12-19(6-7-26(20)32-28(21)36)39(37,38)15-23-24(29)4-3-5-25(23)30/h3-7,12-13,16,31H,8-11,14-15H2,1-2H3,(H,32,36). The Hall–Kier alpha value is -3.11. The van der Waals surface area contributed by atoms with Crippen LogP contribution < -0.4 is 5.32 Å². The van der Waals surface area contributed by atoms with Crippen LogP contribution in [0.5, 0.6) is 0 Å². The predicted molar refractivity (Wildman–Crippen MR) is 153 cm³/mol. The summed E-state index contributed by atoms with van der Waals surface area (Å²) in [7, 11) is -3.80. The summed E-state index contributed by atoms with van der Waals surface area (Å²) in [5.41, 5.74) is 5.76. The van der Waals surface area contributed by atoms with Crippen molar-refractivity contribution in [2.24, 2.45) is 0 Å². The second-order valence-corrected chi connectivity index (χ2v) is 12.7. The van der Waals surface area contributed by atoms with Crippen molar-refractivity contribution < 1.29 is 18.0 Å². The van der Waals surface area contributed by atoms with E-state index in [9.17, 15) is 18.0 Å². The number of halogens is 2. The average molecular weight is 588 g/mol. The minimum atomic E-state index is -3.80. The van der Waals surface area contributed by atoms with Gasteiger partial charge in [-0.3, -0.25) is 14.5 Å². The number of nitrogens with zero attached hydrogens (tertiary/aromatic N) is 2. The number of benzene rings is 2. The number of fused-ring (bicyclic) bond motifs is 1. The van der Waals surface area contributed by atoms with Crippen LogP contribution in [0.4, 0.5) is 5.69 Å². The van der Waals surface area contributed by atoms with Crippen LogP contribution in [0.1, 0.15) is 33.6 Å². The second-order valence-electron chi connectivity index (χ2n) is 9.86. The highest BCUT2D eigenvalue weighted by Crippen LogP contribution is 2.37. The lowest BCUT2D eigenvalue weighted by atomic mass is 10.0. The fourth-order valence-electron chi connectivity index (χ4n) is 5.04. The normalized spacial score (nSPS) is 17.0. The number of carbonyl (C=O) groups excluding carboxylic acids is 2. The SMILES string of the molecule is Cc1[nH]c(C=C2C(=O)Nc3ccc(S(=O)(=O)Cc4c(Cl)cccc4Cl)cc32)c(C)c1CN1CCN(C=O)CC1. The molecule has 2 amide bonds. The van der Waals surface area contributed by atoms with E-state index in [0.717, 1.165) is 48.6 Å². The van der Waals surface area contributed by atoms with Crippen LogP contribution in [0.3, 0.4) is 0 Å².